The van der Waals surface area contributed by atoms with Gasteiger partial charge in [0.2, 0.25) is 0 Å². The second-order valence-electron chi connectivity index (χ2n) is 4.92. The molecule has 0 unspecified atom stereocenters. The van der Waals surface area contributed by atoms with Gasteiger partial charge in [0.05, 0.1) is 0 Å². The Bertz CT molecular complexity index is 313. The topological polar surface area (TPSA) is 20.2 Å². The van der Waals surface area contributed by atoms with Gasteiger partial charge in [-0.1, -0.05) is 32.0 Å². The molecule has 1 aromatic carbocycles. The third kappa shape index (κ3) is 2.85. The van der Waals surface area contributed by atoms with E-state index in [1.807, 2.05) is 0 Å². The first kappa shape index (κ1) is 11.3. The average molecular weight is 192 g/mol. The van der Waals surface area contributed by atoms with Crippen LogP contribution in [0, 0.1) is 19.3 Å². The number of hydrogen-bond donors (Lipinski definition) is 1. The van der Waals surface area contributed by atoms with Crippen LogP contribution in [0.4, 0.5) is 0 Å². The Kier molecular flexibility index (Phi) is 3.33. The normalized spacial score (nSPS) is 11.8. The molecule has 0 amide bonds. The van der Waals surface area contributed by atoms with Gasteiger partial charge in [0, 0.05) is 6.61 Å². The van der Waals surface area contributed by atoms with Gasteiger partial charge in [-0.2, -0.15) is 0 Å². The summed E-state index contributed by atoms with van der Waals surface area (Å²) in [5.74, 6) is 0. The van der Waals surface area contributed by atoms with E-state index in [-0.39, 0.29) is 12.0 Å². The Morgan fingerprint density at radius 3 is 2.29 bits per heavy atom. The molecule has 1 rings (SSSR count). The van der Waals surface area contributed by atoms with Crippen LogP contribution in [-0.2, 0) is 6.42 Å². The van der Waals surface area contributed by atoms with Gasteiger partial charge in [-0.25, -0.2) is 0 Å². The zero-order valence-electron chi connectivity index (χ0n) is 9.59. The van der Waals surface area contributed by atoms with E-state index in [4.69, 9.17) is 0 Å². The number of aryl methyl sites for hydroxylation is 2. The van der Waals surface area contributed by atoms with E-state index in [1.165, 1.54) is 16.7 Å². The molecule has 0 radical (unpaired) electrons. The smallest absolute Gasteiger partial charge is 0.0485 e. The number of aliphatic hydroxyl groups is 1. The van der Waals surface area contributed by atoms with Gasteiger partial charge in [-0.3, -0.25) is 0 Å². The molecule has 0 bridgehead atoms. The summed E-state index contributed by atoms with van der Waals surface area (Å²) in [6, 6.07) is 6.52. The summed E-state index contributed by atoms with van der Waals surface area (Å²) in [5.41, 5.74) is 3.96. The average Bonchev–Trinajstić information content (AvgIpc) is 2.11. The van der Waals surface area contributed by atoms with Crippen molar-refractivity contribution in [2.75, 3.05) is 6.61 Å². The van der Waals surface area contributed by atoms with Crippen LogP contribution in [0.1, 0.15) is 30.5 Å². The predicted molar refractivity (Wildman–Crippen MR) is 60.5 cm³/mol. The van der Waals surface area contributed by atoms with Crippen molar-refractivity contribution in [3.63, 3.8) is 0 Å². The number of aliphatic hydroxyl groups excluding tert-OH is 1. The minimum Gasteiger partial charge on any atom is -0.396 e. The van der Waals surface area contributed by atoms with Gasteiger partial charge in [0.1, 0.15) is 0 Å². The lowest BCUT2D eigenvalue weighted by Gasteiger charge is -2.21. The van der Waals surface area contributed by atoms with Crippen molar-refractivity contribution in [3.05, 3.63) is 34.9 Å². The minimum atomic E-state index is -0.0122. The van der Waals surface area contributed by atoms with Crippen molar-refractivity contribution in [2.45, 2.75) is 34.1 Å². The fourth-order valence-corrected chi connectivity index (χ4v) is 1.52. The lowest BCUT2D eigenvalue weighted by atomic mass is 9.86. The van der Waals surface area contributed by atoms with Crippen molar-refractivity contribution in [3.8, 4) is 0 Å². The van der Waals surface area contributed by atoms with Gasteiger partial charge in [-0.15, -0.1) is 0 Å². The van der Waals surface area contributed by atoms with Crippen LogP contribution >= 0.6 is 0 Å². The Morgan fingerprint density at radius 1 is 1.14 bits per heavy atom. The molecule has 1 aromatic rings. The van der Waals surface area contributed by atoms with Crippen LogP contribution in [0.3, 0.4) is 0 Å². The molecule has 0 aliphatic rings. The Labute approximate surface area is 86.8 Å². The van der Waals surface area contributed by atoms with E-state index >= 15 is 0 Å². The van der Waals surface area contributed by atoms with Crippen LogP contribution in [-0.4, -0.2) is 11.7 Å². The molecule has 14 heavy (non-hydrogen) atoms. The molecule has 0 heterocycles. The third-order valence-electron chi connectivity index (χ3n) is 2.68. The van der Waals surface area contributed by atoms with Gasteiger partial charge in [0.15, 0.2) is 0 Å². The highest BCUT2D eigenvalue weighted by atomic mass is 16.3. The quantitative estimate of drug-likeness (QED) is 0.780. The first-order valence-electron chi connectivity index (χ1n) is 5.11. The molecule has 0 spiro atoms. The van der Waals surface area contributed by atoms with Crippen LogP contribution in [0.2, 0.25) is 0 Å². The molecule has 0 aliphatic heterocycles. The zero-order chi connectivity index (χ0) is 10.8. The SMILES string of the molecule is Cc1ccc(CC(C)(C)CO)cc1C. The standard InChI is InChI=1S/C13H20O/c1-10-5-6-12(7-11(10)2)8-13(3,4)9-14/h5-7,14H,8-9H2,1-4H3. The lowest BCUT2D eigenvalue weighted by molar-refractivity contribution is 0.159. The summed E-state index contributed by atoms with van der Waals surface area (Å²) >= 11 is 0. The summed E-state index contributed by atoms with van der Waals surface area (Å²) in [5, 5.41) is 9.18. The molecule has 0 aromatic heterocycles. The first-order valence-corrected chi connectivity index (χ1v) is 5.11. The largest absolute Gasteiger partial charge is 0.396 e. The summed E-state index contributed by atoms with van der Waals surface area (Å²) in [4.78, 5) is 0. The van der Waals surface area contributed by atoms with E-state index in [1.54, 1.807) is 0 Å². The maximum absolute atomic E-state index is 9.18. The Hall–Kier alpha value is -0.820. The number of hydrogen-bond acceptors (Lipinski definition) is 1. The summed E-state index contributed by atoms with van der Waals surface area (Å²) in [6.45, 7) is 8.66. The lowest BCUT2D eigenvalue weighted by Crippen LogP contribution is -2.19. The number of rotatable bonds is 3. The van der Waals surface area contributed by atoms with Crippen molar-refractivity contribution in [1.29, 1.82) is 0 Å². The molecule has 0 fully saturated rings. The zero-order valence-corrected chi connectivity index (χ0v) is 9.59. The fourth-order valence-electron chi connectivity index (χ4n) is 1.52. The fraction of sp³-hybridized carbons (Fsp3) is 0.538. The monoisotopic (exact) mass is 192 g/mol. The first-order chi connectivity index (χ1) is 6.44. The van der Waals surface area contributed by atoms with E-state index in [2.05, 4.69) is 45.9 Å². The van der Waals surface area contributed by atoms with E-state index in [0.29, 0.717) is 0 Å². The molecule has 1 heteroatoms. The summed E-state index contributed by atoms with van der Waals surface area (Å²) in [7, 11) is 0. The van der Waals surface area contributed by atoms with Crippen LogP contribution in [0.15, 0.2) is 18.2 Å². The van der Waals surface area contributed by atoms with E-state index in [9.17, 15) is 5.11 Å². The molecule has 0 saturated heterocycles. The molecule has 1 nitrogen and oxygen atoms in total. The van der Waals surface area contributed by atoms with E-state index < -0.39 is 0 Å². The molecule has 0 aliphatic carbocycles. The molecular formula is C13H20O. The van der Waals surface area contributed by atoms with E-state index in [0.717, 1.165) is 6.42 Å². The molecule has 0 saturated carbocycles. The number of benzene rings is 1. The highest BCUT2D eigenvalue weighted by Crippen LogP contribution is 2.22. The van der Waals surface area contributed by atoms with Gasteiger partial charge in [0.25, 0.3) is 0 Å². The molecule has 0 atom stereocenters. The van der Waals surface area contributed by atoms with Crippen LogP contribution < -0.4 is 0 Å². The Balaban J connectivity index is 2.83. The van der Waals surface area contributed by atoms with Gasteiger partial charge in [-0.05, 0) is 42.4 Å². The second-order valence-corrected chi connectivity index (χ2v) is 4.92. The van der Waals surface area contributed by atoms with Crippen molar-refractivity contribution < 1.29 is 5.11 Å². The van der Waals surface area contributed by atoms with Crippen molar-refractivity contribution in [1.82, 2.24) is 0 Å². The van der Waals surface area contributed by atoms with Crippen LogP contribution in [0.25, 0.3) is 0 Å². The molecule has 78 valence electrons. The van der Waals surface area contributed by atoms with Crippen molar-refractivity contribution >= 4 is 0 Å². The molecule has 1 N–H and O–H groups in total. The van der Waals surface area contributed by atoms with Gasteiger partial charge < -0.3 is 5.11 Å². The highest BCUT2D eigenvalue weighted by molar-refractivity contribution is 5.30. The van der Waals surface area contributed by atoms with Crippen molar-refractivity contribution in [2.24, 2.45) is 5.41 Å². The maximum atomic E-state index is 9.18. The predicted octanol–water partition coefficient (Wildman–Crippen LogP) is 2.86. The van der Waals surface area contributed by atoms with Crippen LogP contribution in [0.5, 0.6) is 0 Å². The second kappa shape index (κ2) is 4.14. The summed E-state index contributed by atoms with van der Waals surface area (Å²) < 4.78 is 0. The maximum Gasteiger partial charge on any atom is 0.0485 e. The highest BCUT2D eigenvalue weighted by Gasteiger charge is 2.16. The molecular weight excluding hydrogens is 172 g/mol. The summed E-state index contributed by atoms with van der Waals surface area (Å²) in [6.07, 6.45) is 0.935. The Morgan fingerprint density at radius 2 is 1.79 bits per heavy atom. The van der Waals surface area contributed by atoms with Gasteiger partial charge >= 0.3 is 0 Å². The minimum absolute atomic E-state index is 0.0122. The third-order valence-corrected chi connectivity index (χ3v) is 2.68.